The van der Waals surface area contributed by atoms with Gasteiger partial charge in [-0.1, -0.05) is 12.1 Å². The summed E-state index contributed by atoms with van der Waals surface area (Å²) in [6.07, 6.45) is -2.21. The number of methoxy groups -OCH3 is 1. The van der Waals surface area contributed by atoms with Crippen molar-refractivity contribution < 1.29 is 27.8 Å². The van der Waals surface area contributed by atoms with Crippen LogP contribution in [0.15, 0.2) is 42.6 Å². The quantitative estimate of drug-likeness (QED) is 0.417. The van der Waals surface area contributed by atoms with E-state index in [0.29, 0.717) is 36.4 Å². The molecule has 1 fully saturated rings. The number of ether oxygens (including phenoxy) is 1. The van der Waals surface area contributed by atoms with Crippen LogP contribution in [0.25, 0.3) is 0 Å². The van der Waals surface area contributed by atoms with E-state index in [-0.39, 0.29) is 36.5 Å². The zero-order chi connectivity index (χ0) is 26.9. The molecule has 1 amide bonds. The molecule has 5 rings (SSSR count). The van der Waals surface area contributed by atoms with Gasteiger partial charge in [-0.25, -0.2) is 9.97 Å². The zero-order valence-electron chi connectivity index (χ0n) is 20.8. The van der Waals surface area contributed by atoms with Gasteiger partial charge in [0.1, 0.15) is 5.75 Å². The maximum Gasteiger partial charge on any atom is 0.419 e. The molecule has 0 atom stereocenters. The van der Waals surface area contributed by atoms with Crippen LogP contribution in [-0.4, -0.2) is 47.3 Å². The minimum Gasteiger partial charge on any atom is -0.494 e. The lowest BCUT2D eigenvalue weighted by Gasteiger charge is -2.31. The average molecular weight is 528 g/mol. The van der Waals surface area contributed by atoms with Crippen LogP contribution in [0.2, 0.25) is 0 Å². The Kier molecular flexibility index (Phi) is 7.11. The maximum atomic E-state index is 13.8. The van der Waals surface area contributed by atoms with Crippen molar-refractivity contribution in [3.05, 3.63) is 65.0 Å². The zero-order valence-corrected chi connectivity index (χ0v) is 20.8. The van der Waals surface area contributed by atoms with Crippen LogP contribution < -0.4 is 20.3 Å². The molecular weight excluding hydrogens is 499 g/mol. The Morgan fingerprint density at radius 2 is 1.97 bits per heavy atom. The fraction of sp³-hybridized carbons (Fsp3) is 0.370. The topological polar surface area (TPSA) is 99.6 Å². The molecule has 2 aromatic carbocycles. The monoisotopic (exact) mass is 527 g/mol. The van der Waals surface area contributed by atoms with Crippen molar-refractivity contribution in [1.29, 1.82) is 0 Å². The summed E-state index contributed by atoms with van der Waals surface area (Å²) in [6, 6.07) is 10.9. The number of alkyl halides is 3. The number of carbonyl (C=O) groups is 1. The molecule has 3 heterocycles. The van der Waals surface area contributed by atoms with Crippen LogP contribution >= 0.6 is 0 Å². The van der Waals surface area contributed by atoms with Gasteiger partial charge in [-0.3, -0.25) is 4.79 Å². The number of piperidine rings is 1. The summed E-state index contributed by atoms with van der Waals surface area (Å²) in [4.78, 5) is 22.1. The predicted octanol–water partition coefficient (Wildman–Crippen LogP) is 4.49. The molecule has 3 aromatic rings. The van der Waals surface area contributed by atoms with Gasteiger partial charge in [-0.15, -0.1) is 0 Å². The van der Waals surface area contributed by atoms with Gasteiger partial charge in [0.15, 0.2) is 0 Å². The van der Waals surface area contributed by atoms with E-state index in [1.165, 1.54) is 7.11 Å². The Bertz CT molecular complexity index is 1340. The molecule has 0 unspecified atom stereocenters. The molecule has 0 saturated carbocycles. The molecule has 0 bridgehead atoms. The summed E-state index contributed by atoms with van der Waals surface area (Å²) in [7, 11) is 1.52. The van der Waals surface area contributed by atoms with Gasteiger partial charge in [-0.05, 0) is 55.0 Å². The third-order valence-corrected chi connectivity index (χ3v) is 6.95. The van der Waals surface area contributed by atoms with Gasteiger partial charge in [0.05, 0.1) is 36.6 Å². The van der Waals surface area contributed by atoms with E-state index in [0.717, 1.165) is 36.1 Å². The fourth-order valence-electron chi connectivity index (χ4n) is 4.93. The molecule has 0 radical (unpaired) electrons. The van der Waals surface area contributed by atoms with Crippen LogP contribution in [0.1, 0.15) is 35.2 Å². The highest BCUT2D eigenvalue weighted by molar-refractivity contribution is 5.99. The average Bonchev–Trinajstić information content (AvgIpc) is 3.28. The van der Waals surface area contributed by atoms with Crippen LogP contribution in [0.5, 0.6) is 5.75 Å². The Balaban J connectivity index is 1.38. The highest BCUT2D eigenvalue weighted by Gasteiger charge is 2.35. The van der Waals surface area contributed by atoms with Crippen molar-refractivity contribution in [3.63, 3.8) is 0 Å². The first-order chi connectivity index (χ1) is 18.2. The molecule has 1 saturated heterocycles. The smallest absolute Gasteiger partial charge is 0.419 e. The second-order valence-electron chi connectivity index (χ2n) is 9.45. The molecular formula is C27H28F3N5O3. The lowest BCUT2D eigenvalue weighted by molar-refractivity contribution is -0.138. The summed E-state index contributed by atoms with van der Waals surface area (Å²) < 4.78 is 46.8. The highest BCUT2D eigenvalue weighted by Crippen LogP contribution is 2.35. The number of aryl methyl sites for hydroxylation is 2. The first-order valence-electron chi connectivity index (χ1n) is 12.4. The summed E-state index contributed by atoms with van der Waals surface area (Å²) >= 11 is 0. The number of anilines is 4. The van der Waals surface area contributed by atoms with E-state index in [4.69, 9.17) is 4.74 Å². The molecule has 1 aromatic heterocycles. The lowest BCUT2D eigenvalue weighted by Crippen LogP contribution is -2.35. The molecule has 200 valence electrons. The molecule has 2 aliphatic rings. The second kappa shape index (κ2) is 10.5. The first kappa shape index (κ1) is 25.8. The number of amides is 1. The molecule has 0 aliphatic carbocycles. The van der Waals surface area contributed by atoms with Gasteiger partial charge in [0.2, 0.25) is 11.9 Å². The third kappa shape index (κ3) is 5.52. The fourth-order valence-corrected chi connectivity index (χ4v) is 4.93. The number of benzene rings is 2. The van der Waals surface area contributed by atoms with Crippen LogP contribution in [0.4, 0.5) is 36.2 Å². The maximum absolute atomic E-state index is 13.8. The summed E-state index contributed by atoms with van der Waals surface area (Å²) in [6.45, 7) is 1.44. The van der Waals surface area contributed by atoms with E-state index in [2.05, 4.69) is 25.5 Å². The number of fused-ring (bicyclic) bond motifs is 1. The number of aromatic nitrogens is 2. The van der Waals surface area contributed by atoms with E-state index < -0.39 is 11.7 Å². The normalized spacial score (nSPS) is 15.8. The van der Waals surface area contributed by atoms with E-state index in [1.807, 2.05) is 18.2 Å². The van der Waals surface area contributed by atoms with Gasteiger partial charge in [-0.2, -0.15) is 13.2 Å². The van der Waals surface area contributed by atoms with Crippen LogP contribution in [0.3, 0.4) is 0 Å². The molecule has 8 nitrogen and oxygen atoms in total. The van der Waals surface area contributed by atoms with Crippen molar-refractivity contribution in [1.82, 2.24) is 9.97 Å². The number of hydrogen-bond donors (Lipinski definition) is 3. The van der Waals surface area contributed by atoms with Gasteiger partial charge in [0.25, 0.3) is 0 Å². The van der Waals surface area contributed by atoms with Crippen molar-refractivity contribution in [2.75, 3.05) is 35.7 Å². The minimum absolute atomic E-state index is 0.0214. The van der Waals surface area contributed by atoms with Crippen molar-refractivity contribution in [3.8, 4) is 5.75 Å². The first-order valence-corrected chi connectivity index (χ1v) is 12.4. The van der Waals surface area contributed by atoms with Crippen molar-refractivity contribution in [2.45, 2.75) is 44.4 Å². The molecule has 11 heteroatoms. The molecule has 2 aliphatic heterocycles. The standard InChI is InChI=1S/C27H28F3N5O3/c1-38-24-13-17(35-11-9-18(36)10-12-35)6-8-23(24)34-26-31-15-20(27(28,29)30)22(33-26)7-5-16-3-2-4-21-19(16)14-25(37)32-21/h2-4,6,8,13,15,18,36H,5,7,9-12,14H2,1H3,(H,32,37)(H,31,33,34). The second-order valence-corrected chi connectivity index (χ2v) is 9.45. The number of nitrogens with one attached hydrogen (secondary N) is 2. The number of hydrogen-bond acceptors (Lipinski definition) is 7. The number of aliphatic hydroxyl groups excluding tert-OH is 1. The Hall–Kier alpha value is -3.86. The number of aliphatic hydroxyl groups is 1. The Labute approximate surface area is 217 Å². The van der Waals surface area contributed by atoms with Gasteiger partial charge in [0, 0.05) is 36.7 Å². The minimum atomic E-state index is -4.61. The highest BCUT2D eigenvalue weighted by atomic mass is 19.4. The number of halogens is 3. The number of carbonyl (C=O) groups excluding carboxylic acids is 1. The largest absolute Gasteiger partial charge is 0.494 e. The van der Waals surface area contributed by atoms with Crippen LogP contribution in [0, 0.1) is 0 Å². The van der Waals surface area contributed by atoms with Crippen molar-refractivity contribution in [2.24, 2.45) is 0 Å². The lowest BCUT2D eigenvalue weighted by atomic mass is 9.98. The Morgan fingerprint density at radius 1 is 1.18 bits per heavy atom. The van der Waals surface area contributed by atoms with Gasteiger partial charge >= 0.3 is 6.18 Å². The molecule has 38 heavy (non-hydrogen) atoms. The van der Waals surface area contributed by atoms with E-state index >= 15 is 0 Å². The Morgan fingerprint density at radius 3 is 2.71 bits per heavy atom. The van der Waals surface area contributed by atoms with Gasteiger partial charge < -0.3 is 25.4 Å². The summed E-state index contributed by atoms with van der Waals surface area (Å²) in [5, 5.41) is 15.5. The predicted molar refractivity (Wildman–Crippen MR) is 137 cm³/mol. The van der Waals surface area contributed by atoms with Crippen molar-refractivity contribution >= 4 is 28.9 Å². The van der Waals surface area contributed by atoms with E-state index in [9.17, 15) is 23.1 Å². The molecule has 3 N–H and O–H groups in total. The molecule has 0 spiro atoms. The summed E-state index contributed by atoms with van der Waals surface area (Å²) in [5.74, 6) is 0.390. The van der Waals surface area contributed by atoms with E-state index in [1.54, 1.807) is 18.2 Å². The van der Waals surface area contributed by atoms with Crippen LogP contribution in [-0.2, 0) is 30.2 Å². The number of rotatable bonds is 7. The number of nitrogens with zero attached hydrogens (tertiary/aromatic N) is 3. The summed E-state index contributed by atoms with van der Waals surface area (Å²) in [5.41, 5.74) is 2.74. The third-order valence-electron chi connectivity index (χ3n) is 6.95. The SMILES string of the molecule is COc1cc(N2CCC(O)CC2)ccc1Nc1ncc(C(F)(F)F)c(CCc2cccc3c2CC(=O)N3)n1.